The van der Waals surface area contributed by atoms with Crippen LogP contribution in [0.25, 0.3) is 0 Å². The SMILES string of the molecule is O=C[P+](c1ccccc1)(c1ccccc1)c1cccs1. The molecule has 0 saturated carbocycles. The lowest BCUT2D eigenvalue weighted by Gasteiger charge is -2.18. The average molecular weight is 297 g/mol. The summed E-state index contributed by atoms with van der Waals surface area (Å²) < 4.78 is 1.16. The summed E-state index contributed by atoms with van der Waals surface area (Å²) in [6.07, 6.45) is 0. The molecular weight excluding hydrogens is 283 g/mol. The summed E-state index contributed by atoms with van der Waals surface area (Å²) in [5, 5.41) is 4.27. The van der Waals surface area contributed by atoms with Gasteiger partial charge in [0.05, 0.1) is 0 Å². The van der Waals surface area contributed by atoms with Crippen molar-refractivity contribution in [3.8, 4) is 0 Å². The number of thiophene rings is 1. The number of carbonyl (C=O) groups is 1. The van der Waals surface area contributed by atoms with Gasteiger partial charge in [0.25, 0.3) is 6.03 Å². The standard InChI is InChI=1S/C17H14OPS/c18-14-19(17-12-7-13-20-17,15-8-3-1-4-9-15)16-10-5-2-6-11-16/h1-14H/q+1. The van der Waals surface area contributed by atoms with Crippen LogP contribution in [0, 0.1) is 0 Å². The predicted molar refractivity (Wildman–Crippen MR) is 89.8 cm³/mol. The lowest BCUT2D eigenvalue weighted by atomic mass is 10.4. The van der Waals surface area contributed by atoms with Crippen LogP contribution in [0.1, 0.15) is 0 Å². The minimum atomic E-state index is -2.15. The van der Waals surface area contributed by atoms with Gasteiger partial charge in [0.15, 0.2) is 11.9 Å². The third kappa shape index (κ3) is 2.11. The summed E-state index contributed by atoms with van der Waals surface area (Å²) in [5.74, 6) is 0. The van der Waals surface area contributed by atoms with Gasteiger partial charge >= 0.3 is 0 Å². The van der Waals surface area contributed by atoms with Crippen molar-refractivity contribution in [1.29, 1.82) is 0 Å². The molecule has 0 fully saturated rings. The van der Waals surface area contributed by atoms with Crippen LogP contribution in [0.4, 0.5) is 0 Å². The van der Waals surface area contributed by atoms with Crippen molar-refractivity contribution in [2.75, 3.05) is 0 Å². The minimum absolute atomic E-state index is 1.11. The van der Waals surface area contributed by atoms with E-state index in [0.717, 1.165) is 15.2 Å². The van der Waals surface area contributed by atoms with Crippen LogP contribution >= 0.6 is 18.6 Å². The molecule has 0 amide bonds. The van der Waals surface area contributed by atoms with Gasteiger partial charge in [-0.15, -0.1) is 11.3 Å². The Morgan fingerprint density at radius 2 is 1.30 bits per heavy atom. The molecule has 20 heavy (non-hydrogen) atoms. The Kier molecular flexibility index (Phi) is 3.77. The summed E-state index contributed by atoms with van der Waals surface area (Å²) in [4.78, 5) is 12.2. The summed E-state index contributed by atoms with van der Waals surface area (Å²) >= 11 is 1.66. The molecule has 0 atom stereocenters. The maximum atomic E-state index is 12.2. The number of hydrogen-bond acceptors (Lipinski definition) is 2. The molecule has 0 bridgehead atoms. The molecule has 0 radical (unpaired) electrons. The summed E-state index contributed by atoms with van der Waals surface area (Å²) in [5.41, 5.74) is 0. The normalized spacial score (nSPS) is 11.2. The van der Waals surface area contributed by atoms with Gasteiger partial charge in [-0.05, 0) is 41.8 Å². The lowest BCUT2D eigenvalue weighted by molar-refractivity contribution is 0.569. The highest BCUT2D eigenvalue weighted by Gasteiger charge is 2.46. The lowest BCUT2D eigenvalue weighted by Crippen LogP contribution is -2.30. The van der Waals surface area contributed by atoms with Crippen LogP contribution in [0.3, 0.4) is 0 Å². The zero-order valence-corrected chi connectivity index (χ0v) is 12.6. The molecule has 1 nitrogen and oxygen atoms in total. The van der Waals surface area contributed by atoms with Gasteiger partial charge in [0.1, 0.15) is 10.6 Å². The molecule has 0 spiro atoms. The Bertz CT molecular complexity index is 638. The Balaban J connectivity index is 2.30. The Morgan fingerprint density at radius 1 is 0.750 bits per heavy atom. The first-order valence-electron chi connectivity index (χ1n) is 6.38. The van der Waals surface area contributed by atoms with E-state index < -0.39 is 7.26 Å². The topological polar surface area (TPSA) is 17.1 Å². The molecule has 2 aromatic carbocycles. The third-order valence-electron chi connectivity index (χ3n) is 3.34. The fraction of sp³-hybridized carbons (Fsp3) is 0. The molecule has 3 aromatic rings. The smallest absolute Gasteiger partial charge is 0.255 e. The molecule has 1 aromatic heterocycles. The molecule has 0 aliphatic carbocycles. The number of benzene rings is 2. The van der Waals surface area contributed by atoms with Gasteiger partial charge in [-0.25, -0.2) is 0 Å². The quantitative estimate of drug-likeness (QED) is 0.534. The van der Waals surface area contributed by atoms with Crippen molar-refractivity contribution in [2.45, 2.75) is 0 Å². The van der Waals surface area contributed by atoms with Crippen LogP contribution in [-0.4, -0.2) is 6.03 Å². The van der Waals surface area contributed by atoms with Crippen molar-refractivity contribution in [3.63, 3.8) is 0 Å². The highest BCUT2D eigenvalue weighted by molar-refractivity contribution is 8.09. The number of rotatable bonds is 4. The van der Waals surface area contributed by atoms with E-state index in [4.69, 9.17) is 0 Å². The Labute approximate surface area is 123 Å². The van der Waals surface area contributed by atoms with Crippen molar-refractivity contribution in [1.82, 2.24) is 0 Å². The van der Waals surface area contributed by atoms with E-state index >= 15 is 0 Å². The predicted octanol–water partition coefficient (Wildman–Crippen LogP) is 3.23. The van der Waals surface area contributed by atoms with Gasteiger partial charge in [0, 0.05) is 0 Å². The summed E-state index contributed by atoms with van der Waals surface area (Å²) in [6, 6.07) is 25.5. The van der Waals surface area contributed by atoms with E-state index in [-0.39, 0.29) is 0 Å². The van der Waals surface area contributed by atoms with Gasteiger partial charge < -0.3 is 0 Å². The first-order chi connectivity index (χ1) is 9.88. The number of carbonyl (C=O) groups excluding carboxylic acids is 1. The van der Waals surface area contributed by atoms with E-state index in [0.29, 0.717) is 0 Å². The Hall–Kier alpha value is -1.76. The largest absolute Gasteiger partial charge is 0.272 e. The van der Waals surface area contributed by atoms with E-state index in [1.54, 1.807) is 11.3 Å². The second-order valence-corrected chi connectivity index (χ2v) is 8.87. The van der Waals surface area contributed by atoms with Gasteiger partial charge in [-0.1, -0.05) is 36.4 Å². The van der Waals surface area contributed by atoms with Crippen LogP contribution in [0.5, 0.6) is 0 Å². The van der Waals surface area contributed by atoms with Crippen LogP contribution < -0.4 is 15.2 Å². The van der Waals surface area contributed by atoms with Crippen LogP contribution in [-0.2, 0) is 4.79 Å². The first kappa shape index (κ1) is 13.2. The fourth-order valence-electron chi connectivity index (χ4n) is 2.37. The molecular formula is C17H14OPS+. The van der Waals surface area contributed by atoms with E-state index in [1.165, 1.54) is 6.03 Å². The zero-order valence-electron chi connectivity index (χ0n) is 10.8. The molecule has 98 valence electrons. The number of hydrogen-bond donors (Lipinski definition) is 0. The summed E-state index contributed by atoms with van der Waals surface area (Å²) in [6.45, 7) is 0. The molecule has 3 rings (SSSR count). The maximum absolute atomic E-state index is 12.2. The van der Waals surface area contributed by atoms with Gasteiger partial charge in [-0.3, -0.25) is 4.79 Å². The zero-order chi connectivity index (χ0) is 13.8. The maximum Gasteiger partial charge on any atom is 0.272 e. The van der Waals surface area contributed by atoms with Crippen molar-refractivity contribution < 1.29 is 4.79 Å². The molecule has 0 unspecified atom stereocenters. The second-order valence-electron chi connectivity index (χ2n) is 4.45. The molecule has 0 aliphatic rings. The average Bonchev–Trinajstić information content (AvgIpc) is 3.06. The molecule has 3 heteroatoms. The highest BCUT2D eigenvalue weighted by Crippen LogP contribution is 2.53. The summed E-state index contributed by atoms with van der Waals surface area (Å²) in [7, 11) is -2.15. The second kappa shape index (κ2) is 5.70. The van der Waals surface area contributed by atoms with Crippen molar-refractivity contribution in [3.05, 3.63) is 78.2 Å². The van der Waals surface area contributed by atoms with Crippen molar-refractivity contribution >= 4 is 39.9 Å². The van der Waals surface area contributed by atoms with E-state index in [2.05, 4.69) is 30.3 Å². The van der Waals surface area contributed by atoms with Crippen molar-refractivity contribution in [2.24, 2.45) is 0 Å². The third-order valence-corrected chi connectivity index (χ3v) is 8.58. The minimum Gasteiger partial charge on any atom is -0.255 e. The van der Waals surface area contributed by atoms with E-state index in [1.807, 2.05) is 47.8 Å². The molecule has 0 saturated heterocycles. The highest BCUT2D eigenvalue weighted by atomic mass is 32.1. The Morgan fingerprint density at radius 3 is 1.70 bits per heavy atom. The molecule has 0 N–H and O–H groups in total. The fourth-order valence-corrected chi connectivity index (χ4v) is 7.20. The molecule has 1 heterocycles. The molecule has 0 aliphatic heterocycles. The van der Waals surface area contributed by atoms with Crippen LogP contribution in [0.2, 0.25) is 0 Å². The monoisotopic (exact) mass is 297 g/mol. The van der Waals surface area contributed by atoms with E-state index in [9.17, 15) is 4.79 Å². The first-order valence-corrected chi connectivity index (χ1v) is 9.12. The van der Waals surface area contributed by atoms with Gasteiger partial charge in [0.2, 0.25) is 0 Å². The van der Waals surface area contributed by atoms with Gasteiger partial charge in [-0.2, -0.15) is 0 Å². The van der Waals surface area contributed by atoms with Crippen LogP contribution in [0.15, 0.2) is 78.2 Å².